The molecule has 1 amide bonds. The van der Waals surface area contributed by atoms with Gasteiger partial charge in [-0.1, -0.05) is 64.0 Å². The lowest BCUT2D eigenvalue weighted by molar-refractivity contribution is -0.136. The molecule has 0 bridgehead atoms. The highest BCUT2D eigenvalue weighted by molar-refractivity contribution is 9.10. The van der Waals surface area contributed by atoms with E-state index in [1.807, 2.05) is 55.5 Å². The van der Waals surface area contributed by atoms with Crippen LogP contribution >= 0.6 is 15.9 Å². The number of hydrogen-bond acceptors (Lipinski definition) is 3. The molecule has 1 aliphatic rings. The van der Waals surface area contributed by atoms with Gasteiger partial charge in [-0.3, -0.25) is 4.79 Å². The number of aryl methyl sites for hydroxylation is 1. The minimum absolute atomic E-state index is 0.204. The SMILES string of the molecule is COC(=O)C1=C(C)N(Cc2ccc(C)cc2)C(=O)/C1=C\c1ccccc1Br. The van der Waals surface area contributed by atoms with Crippen molar-refractivity contribution in [2.45, 2.75) is 20.4 Å². The molecule has 1 heterocycles. The van der Waals surface area contributed by atoms with E-state index in [1.165, 1.54) is 7.11 Å². The molecule has 1 aliphatic heterocycles. The number of rotatable bonds is 4. The molecule has 5 heteroatoms. The summed E-state index contributed by atoms with van der Waals surface area (Å²) in [5, 5.41) is 0. The van der Waals surface area contributed by atoms with E-state index >= 15 is 0 Å². The zero-order valence-corrected chi connectivity index (χ0v) is 17.0. The summed E-state index contributed by atoms with van der Waals surface area (Å²) >= 11 is 3.49. The van der Waals surface area contributed by atoms with Gasteiger partial charge in [0, 0.05) is 10.2 Å². The molecule has 0 unspecified atom stereocenters. The molecule has 0 N–H and O–H groups in total. The summed E-state index contributed by atoms with van der Waals surface area (Å²) in [5.41, 5.74) is 4.24. The van der Waals surface area contributed by atoms with Gasteiger partial charge in [0.05, 0.1) is 24.8 Å². The highest BCUT2D eigenvalue weighted by Crippen LogP contribution is 2.33. The second kappa shape index (κ2) is 7.92. The number of halogens is 1. The topological polar surface area (TPSA) is 46.6 Å². The number of esters is 1. The average Bonchev–Trinajstić information content (AvgIpc) is 2.89. The van der Waals surface area contributed by atoms with Crippen LogP contribution in [0.5, 0.6) is 0 Å². The van der Waals surface area contributed by atoms with E-state index in [0.29, 0.717) is 23.4 Å². The van der Waals surface area contributed by atoms with Crippen molar-refractivity contribution in [1.82, 2.24) is 4.90 Å². The maximum Gasteiger partial charge on any atom is 0.340 e. The van der Waals surface area contributed by atoms with Gasteiger partial charge >= 0.3 is 5.97 Å². The zero-order chi connectivity index (χ0) is 19.6. The van der Waals surface area contributed by atoms with E-state index in [0.717, 1.165) is 21.2 Å². The van der Waals surface area contributed by atoms with Crippen LogP contribution in [0.15, 0.2) is 69.8 Å². The van der Waals surface area contributed by atoms with Crippen molar-refractivity contribution < 1.29 is 14.3 Å². The Morgan fingerprint density at radius 3 is 2.41 bits per heavy atom. The number of amides is 1. The number of benzene rings is 2. The normalized spacial score (nSPS) is 15.6. The summed E-state index contributed by atoms with van der Waals surface area (Å²) in [7, 11) is 1.33. The van der Waals surface area contributed by atoms with Crippen LogP contribution in [0, 0.1) is 6.92 Å². The highest BCUT2D eigenvalue weighted by atomic mass is 79.9. The van der Waals surface area contributed by atoms with E-state index in [-0.39, 0.29) is 5.91 Å². The van der Waals surface area contributed by atoms with Gasteiger partial charge in [-0.15, -0.1) is 0 Å². The Hall–Kier alpha value is -2.66. The van der Waals surface area contributed by atoms with Crippen LogP contribution in [-0.4, -0.2) is 23.9 Å². The Morgan fingerprint density at radius 1 is 1.11 bits per heavy atom. The van der Waals surface area contributed by atoms with E-state index in [4.69, 9.17) is 4.74 Å². The molecular weight excluding hydrogens is 406 g/mol. The van der Waals surface area contributed by atoms with Crippen LogP contribution in [0.2, 0.25) is 0 Å². The van der Waals surface area contributed by atoms with Crippen LogP contribution in [0.25, 0.3) is 6.08 Å². The van der Waals surface area contributed by atoms with Gasteiger partial charge in [0.2, 0.25) is 0 Å². The molecule has 4 nitrogen and oxygen atoms in total. The molecule has 2 aromatic rings. The van der Waals surface area contributed by atoms with Crippen LogP contribution in [-0.2, 0) is 20.9 Å². The summed E-state index contributed by atoms with van der Waals surface area (Å²) in [6.45, 7) is 4.20. The summed E-state index contributed by atoms with van der Waals surface area (Å²) in [4.78, 5) is 27.1. The van der Waals surface area contributed by atoms with Crippen molar-refractivity contribution in [3.63, 3.8) is 0 Å². The van der Waals surface area contributed by atoms with Gasteiger partial charge in [-0.25, -0.2) is 4.79 Å². The van der Waals surface area contributed by atoms with Crippen LogP contribution in [0.4, 0.5) is 0 Å². The second-order valence-electron chi connectivity index (χ2n) is 6.41. The molecule has 2 aromatic carbocycles. The Balaban J connectivity index is 2.04. The lowest BCUT2D eigenvalue weighted by atomic mass is 10.0. The summed E-state index contributed by atoms with van der Waals surface area (Å²) < 4.78 is 5.79. The Morgan fingerprint density at radius 2 is 1.78 bits per heavy atom. The molecule has 0 aliphatic carbocycles. The van der Waals surface area contributed by atoms with Gasteiger partial charge in [0.25, 0.3) is 5.91 Å². The van der Waals surface area contributed by atoms with Gasteiger partial charge < -0.3 is 9.64 Å². The van der Waals surface area contributed by atoms with Crippen LogP contribution in [0.3, 0.4) is 0 Å². The molecule has 0 aromatic heterocycles. The minimum Gasteiger partial charge on any atom is -0.465 e. The fourth-order valence-electron chi connectivity index (χ4n) is 3.04. The molecule has 27 heavy (non-hydrogen) atoms. The van der Waals surface area contributed by atoms with Crippen molar-refractivity contribution in [3.05, 3.63) is 86.5 Å². The smallest absolute Gasteiger partial charge is 0.340 e. The van der Waals surface area contributed by atoms with Crippen molar-refractivity contribution in [2.24, 2.45) is 0 Å². The summed E-state index contributed by atoms with van der Waals surface area (Å²) in [6.07, 6.45) is 1.73. The Labute approximate surface area is 167 Å². The summed E-state index contributed by atoms with van der Waals surface area (Å²) in [6, 6.07) is 15.6. The molecule has 0 fully saturated rings. The standard InChI is InChI=1S/C22H20BrNO3/c1-14-8-10-16(11-9-14)13-24-15(2)20(22(26)27-3)18(21(24)25)12-17-6-4-5-7-19(17)23/h4-12H,13H2,1-3H3/b18-12-. The first-order valence-electron chi connectivity index (χ1n) is 8.55. The minimum atomic E-state index is -0.509. The number of allylic oxidation sites excluding steroid dienone is 1. The maximum atomic E-state index is 13.1. The van der Waals surface area contributed by atoms with E-state index < -0.39 is 5.97 Å². The third-order valence-electron chi connectivity index (χ3n) is 4.57. The number of hydrogen-bond donors (Lipinski definition) is 0. The molecule has 0 saturated carbocycles. The Bertz CT molecular complexity index is 958. The van der Waals surface area contributed by atoms with Crippen molar-refractivity contribution in [3.8, 4) is 0 Å². The first kappa shape index (κ1) is 19.1. The number of carbonyl (C=O) groups excluding carboxylic acids is 2. The second-order valence-corrected chi connectivity index (χ2v) is 7.26. The van der Waals surface area contributed by atoms with Gasteiger partial charge in [0.1, 0.15) is 0 Å². The predicted molar refractivity (Wildman–Crippen MR) is 109 cm³/mol. The molecule has 3 rings (SSSR count). The monoisotopic (exact) mass is 425 g/mol. The lowest BCUT2D eigenvalue weighted by Gasteiger charge is -2.18. The number of ether oxygens (including phenoxy) is 1. The highest BCUT2D eigenvalue weighted by Gasteiger charge is 2.37. The first-order chi connectivity index (χ1) is 12.9. The fraction of sp³-hybridized carbons (Fsp3) is 0.182. The average molecular weight is 426 g/mol. The molecule has 138 valence electrons. The number of carbonyl (C=O) groups is 2. The van der Waals surface area contributed by atoms with Gasteiger partial charge in [-0.2, -0.15) is 0 Å². The summed E-state index contributed by atoms with van der Waals surface area (Å²) in [5.74, 6) is -0.713. The van der Waals surface area contributed by atoms with Crippen molar-refractivity contribution >= 4 is 33.9 Å². The van der Waals surface area contributed by atoms with Crippen molar-refractivity contribution in [1.29, 1.82) is 0 Å². The van der Waals surface area contributed by atoms with Crippen LogP contribution < -0.4 is 0 Å². The molecule has 0 radical (unpaired) electrons. The van der Waals surface area contributed by atoms with Crippen LogP contribution in [0.1, 0.15) is 23.6 Å². The van der Waals surface area contributed by atoms with E-state index in [2.05, 4.69) is 15.9 Å². The predicted octanol–water partition coefficient (Wildman–Crippen LogP) is 4.63. The molecule has 0 spiro atoms. The van der Waals surface area contributed by atoms with E-state index in [9.17, 15) is 9.59 Å². The lowest BCUT2D eigenvalue weighted by Crippen LogP contribution is -2.24. The molecular formula is C22H20BrNO3. The Kier molecular flexibility index (Phi) is 5.61. The maximum absolute atomic E-state index is 13.1. The van der Waals surface area contributed by atoms with Gasteiger partial charge in [0.15, 0.2) is 0 Å². The third kappa shape index (κ3) is 3.88. The third-order valence-corrected chi connectivity index (χ3v) is 5.29. The molecule has 0 saturated heterocycles. The fourth-order valence-corrected chi connectivity index (χ4v) is 3.44. The van der Waals surface area contributed by atoms with Crippen molar-refractivity contribution in [2.75, 3.05) is 7.11 Å². The largest absolute Gasteiger partial charge is 0.465 e. The van der Waals surface area contributed by atoms with E-state index in [1.54, 1.807) is 17.9 Å². The quantitative estimate of drug-likeness (QED) is 0.529. The first-order valence-corrected chi connectivity index (χ1v) is 9.35. The number of nitrogens with zero attached hydrogens (tertiary/aromatic N) is 1. The molecule has 0 atom stereocenters. The number of methoxy groups -OCH3 is 1. The van der Waals surface area contributed by atoms with Gasteiger partial charge in [-0.05, 0) is 37.1 Å². The zero-order valence-electron chi connectivity index (χ0n) is 15.5.